The number of carboxylic acids is 1. The summed E-state index contributed by atoms with van der Waals surface area (Å²) in [7, 11) is 0. The molecule has 2 aliphatic rings. The molecule has 1 aromatic rings. The van der Waals surface area contributed by atoms with Crippen molar-refractivity contribution in [2.75, 3.05) is 0 Å². The topological polar surface area (TPSA) is 95.5 Å². The lowest BCUT2D eigenvalue weighted by molar-refractivity contribution is -0.149. The van der Waals surface area contributed by atoms with Crippen molar-refractivity contribution in [2.24, 2.45) is 23.7 Å². The van der Waals surface area contributed by atoms with E-state index in [-0.39, 0.29) is 11.8 Å². The van der Waals surface area contributed by atoms with Crippen LogP contribution in [0.4, 0.5) is 0 Å². The highest BCUT2D eigenvalue weighted by molar-refractivity contribution is 6.30. The van der Waals surface area contributed by atoms with Crippen LogP contribution in [0.15, 0.2) is 24.3 Å². The molecule has 4 atom stereocenters. The smallest absolute Gasteiger partial charge is 0.307 e. The molecule has 0 saturated heterocycles. The van der Waals surface area contributed by atoms with Gasteiger partial charge in [-0.1, -0.05) is 11.6 Å². The lowest BCUT2D eigenvalue weighted by atomic mass is 9.79. The Bertz CT molecular complexity index is 646. The summed E-state index contributed by atoms with van der Waals surface area (Å²) in [4.78, 5) is 35.7. The highest BCUT2D eigenvalue weighted by Gasteiger charge is 2.54. The molecule has 2 bridgehead atoms. The first-order chi connectivity index (χ1) is 11.0. The monoisotopic (exact) mass is 336 g/mol. The van der Waals surface area contributed by atoms with Crippen LogP contribution in [-0.4, -0.2) is 22.9 Å². The molecule has 6 nitrogen and oxygen atoms in total. The molecule has 7 heteroatoms. The zero-order chi connectivity index (χ0) is 16.6. The van der Waals surface area contributed by atoms with Gasteiger partial charge in [0, 0.05) is 10.6 Å². The number of amides is 2. The molecule has 2 saturated carbocycles. The Balaban J connectivity index is 1.62. The van der Waals surface area contributed by atoms with E-state index in [9.17, 15) is 19.5 Å². The molecule has 3 N–H and O–H groups in total. The molecule has 2 amide bonds. The number of halogens is 1. The van der Waals surface area contributed by atoms with Gasteiger partial charge in [-0.3, -0.25) is 25.2 Å². The number of hydrazine groups is 1. The van der Waals surface area contributed by atoms with E-state index in [4.69, 9.17) is 11.6 Å². The lowest BCUT2D eigenvalue weighted by Gasteiger charge is -2.26. The normalized spacial score (nSPS) is 28.4. The predicted molar refractivity (Wildman–Crippen MR) is 82.5 cm³/mol. The maximum Gasteiger partial charge on any atom is 0.307 e. The van der Waals surface area contributed by atoms with Crippen molar-refractivity contribution in [3.63, 3.8) is 0 Å². The number of carbonyl (C=O) groups is 3. The first-order valence-corrected chi connectivity index (χ1v) is 7.93. The minimum atomic E-state index is -0.929. The van der Waals surface area contributed by atoms with Crippen molar-refractivity contribution in [1.82, 2.24) is 10.9 Å². The Morgan fingerprint density at radius 2 is 1.61 bits per heavy atom. The first-order valence-electron chi connectivity index (χ1n) is 7.56. The first kappa shape index (κ1) is 15.8. The average Bonchev–Trinajstić information content (AvgIpc) is 3.13. The summed E-state index contributed by atoms with van der Waals surface area (Å²) in [6.07, 6.45) is 2.51. The van der Waals surface area contributed by atoms with Crippen molar-refractivity contribution < 1.29 is 19.5 Å². The molecule has 3 rings (SSSR count). The Morgan fingerprint density at radius 1 is 1.00 bits per heavy atom. The third-order valence-electron chi connectivity index (χ3n) is 4.91. The summed E-state index contributed by atoms with van der Waals surface area (Å²) in [6.45, 7) is 0. The quantitative estimate of drug-likeness (QED) is 0.734. The molecule has 0 spiro atoms. The van der Waals surface area contributed by atoms with Crippen LogP contribution in [0.1, 0.15) is 29.6 Å². The van der Waals surface area contributed by atoms with Gasteiger partial charge in [0.15, 0.2) is 0 Å². The van der Waals surface area contributed by atoms with E-state index in [1.807, 2.05) is 0 Å². The summed E-state index contributed by atoms with van der Waals surface area (Å²) < 4.78 is 0. The van der Waals surface area contributed by atoms with Crippen molar-refractivity contribution in [2.45, 2.75) is 19.3 Å². The van der Waals surface area contributed by atoms with Crippen LogP contribution in [0.2, 0.25) is 5.02 Å². The van der Waals surface area contributed by atoms with Gasteiger partial charge in [-0.25, -0.2) is 0 Å². The van der Waals surface area contributed by atoms with Crippen molar-refractivity contribution in [3.05, 3.63) is 34.9 Å². The van der Waals surface area contributed by atoms with Crippen molar-refractivity contribution in [1.29, 1.82) is 0 Å². The number of hydrogen-bond acceptors (Lipinski definition) is 3. The second-order valence-corrected chi connectivity index (χ2v) is 6.61. The fourth-order valence-electron chi connectivity index (χ4n) is 3.90. The molecule has 2 fully saturated rings. The molecule has 0 aromatic heterocycles. The molecule has 1 aromatic carbocycles. The number of benzene rings is 1. The highest BCUT2D eigenvalue weighted by Crippen LogP contribution is 2.52. The minimum absolute atomic E-state index is 0.0696. The van der Waals surface area contributed by atoms with E-state index in [1.54, 1.807) is 24.3 Å². The zero-order valence-corrected chi connectivity index (χ0v) is 13.0. The molecular formula is C16H17ClN2O4. The molecule has 23 heavy (non-hydrogen) atoms. The number of aliphatic carboxylic acids is 1. The maximum absolute atomic E-state index is 12.3. The van der Waals surface area contributed by atoms with Gasteiger partial charge in [-0.05, 0) is 55.4 Å². The van der Waals surface area contributed by atoms with Gasteiger partial charge in [0.1, 0.15) is 0 Å². The number of hydrogen-bond donors (Lipinski definition) is 3. The number of fused-ring (bicyclic) bond motifs is 2. The summed E-state index contributed by atoms with van der Waals surface area (Å²) in [5.74, 6) is -2.88. The van der Waals surface area contributed by atoms with Crippen LogP contribution in [0.3, 0.4) is 0 Å². The van der Waals surface area contributed by atoms with Gasteiger partial charge >= 0.3 is 5.97 Å². The standard InChI is InChI=1S/C16H17ClN2O4/c17-11-5-3-8(4-6-11)14(20)18-19-15(21)12-9-1-2-10(7-9)13(12)16(22)23/h3-6,9-10,12-13H,1-2,7H2,(H,18,20)(H,19,21)(H,22,23)/t9-,10-,12-,13-/m0/s1. The van der Waals surface area contributed by atoms with Crippen molar-refractivity contribution >= 4 is 29.4 Å². The average molecular weight is 337 g/mol. The van der Waals surface area contributed by atoms with Crippen molar-refractivity contribution in [3.8, 4) is 0 Å². The highest BCUT2D eigenvalue weighted by atomic mass is 35.5. The maximum atomic E-state index is 12.3. The summed E-state index contributed by atoms with van der Waals surface area (Å²) in [6, 6.07) is 6.24. The van der Waals surface area contributed by atoms with Gasteiger partial charge < -0.3 is 5.11 Å². The fourth-order valence-corrected chi connectivity index (χ4v) is 4.03. The van der Waals surface area contributed by atoms with Crippen LogP contribution >= 0.6 is 11.6 Å². The number of rotatable bonds is 3. The zero-order valence-electron chi connectivity index (χ0n) is 12.3. The largest absolute Gasteiger partial charge is 0.481 e. The summed E-state index contributed by atoms with van der Waals surface area (Å²) >= 11 is 5.75. The third-order valence-corrected chi connectivity index (χ3v) is 5.16. The Kier molecular flexibility index (Phi) is 4.26. The van der Waals surface area contributed by atoms with E-state index in [1.165, 1.54) is 0 Å². The van der Waals surface area contributed by atoms with Crippen LogP contribution in [-0.2, 0) is 9.59 Å². The van der Waals surface area contributed by atoms with Gasteiger partial charge in [-0.15, -0.1) is 0 Å². The molecule has 0 heterocycles. The fraction of sp³-hybridized carbons (Fsp3) is 0.438. The SMILES string of the molecule is O=C(NNC(=O)[C@H]1[C@H]2CC[C@@H](C2)[C@@H]1C(=O)O)c1ccc(Cl)cc1. The predicted octanol–water partition coefficient (Wildman–Crippen LogP) is 1.85. The lowest BCUT2D eigenvalue weighted by Crippen LogP contribution is -2.48. The van der Waals surface area contributed by atoms with E-state index >= 15 is 0 Å². The van der Waals surface area contributed by atoms with Crippen LogP contribution in [0.5, 0.6) is 0 Å². The van der Waals surface area contributed by atoms with Gasteiger partial charge in [0.2, 0.25) is 5.91 Å². The Labute approximate surface area is 138 Å². The minimum Gasteiger partial charge on any atom is -0.481 e. The van der Waals surface area contributed by atoms with Crippen LogP contribution < -0.4 is 10.9 Å². The van der Waals surface area contributed by atoms with Gasteiger partial charge in [0.25, 0.3) is 5.91 Å². The number of carbonyl (C=O) groups excluding carboxylic acids is 2. The summed E-state index contributed by atoms with van der Waals surface area (Å²) in [5, 5.41) is 9.87. The molecule has 0 radical (unpaired) electrons. The number of nitrogens with one attached hydrogen (secondary N) is 2. The van der Waals surface area contributed by atoms with E-state index in [0.29, 0.717) is 10.6 Å². The molecular weight excluding hydrogens is 320 g/mol. The molecule has 2 aliphatic carbocycles. The molecule has 0 unspecified atom stereocenters. The summed E-state index contributed by atoms with van der Waals surface area (Å²) in [5.41, 5.74) is 5.07. The van der Waals surface area contributed by atoms with Gasteiger partial charge in [-0.2, -0.15) is 0 Å². The number of carboxylic acid groups (broad SMARTS) is 1. The second-order valence-electron chi connectivity index (χ2n) is 6.17. The van der Waals surface area contributed by atoms with Crippen LogP contribution in [0, 0.1) is 23.7 Å². The third kappa shape index (κ3) is 3.03. The Hall–Kier alpha value is -2.08. The van der Waals surface area contributed by atoms with E-state index < -0.39 is 29.6 Å². The molecule has 122 valence electrons. The molecule has 0 aliphatic heterocycles. The van der Waals surface area contributed by atoms with Crippen LogP contribution in [0.25, 0.3) is 0 Å². The van der Waals surface area contributed by atoms with Gasteiger partial charge in [0.05, 0.1) is 11.8 Å². The van der Waals surface area contributed by atoms with E-state index in [2.05, 4.69) is 10.9 Å². The Morgan fingerprint density at radius 3 is 2.22 bits per heavy atom. The van der Waals surface area contributed by atoms with E-state index in [0.717, 1.165) is 19.3 Å². The second kappa shape index (κ2) is 6.20.